The van der Waals surface area contributed by atoms with Crippen LogP contribution in [0.4, 0.5) is 0 Å². The first kappa shape index (κ1) is 10.2. The van der Waals surface area contributed by atoms with Crippen molar-refractivity contribution in [3.63, 3.8) is 0 Å². The van der Waals surface area contributed by atoms with E-state index >= 15 is 0 Å². The lowest BCUT2D eigenvalue weighted by molar-refractivity contribution is 0.326. The van der Waals surface area contributed by atoms with Crippen LogP contribution in [-0.4, -0.2) is 12.6 Å². The second-order valence-electron chi connectivity index (χ2n) is 3.20. The molecule has 12 heavy (non-hydrogen) atoms. The first-order valence-electron chi connectivity index (χ1n) is 4.76. The predicted molar refractivity (Wildman–Crippen MR) is 50.6 cm³/mol. The second-order valence-corrected chi connectivity index (χ2v) is 4.35. The van der Waals surface area contributed by atoms with E-state index in [2.05, 4.69) is 5.09 Å². The van der Waals surface area contributed by atoms with Crippen LogP contribution in [0.15, 0.2) is 0 Å². The molecule has 1 atom stereocenters. The Balaban J connectivity index is 2.15. The fourth-order valence-electron chi connectivity index (χ4n) is 1.59. The highest BCUT2D eigenvalue weighted by atomic mass is 31.1. The highest BCUT2D eigenvalue weighted by molar-refractivity contribution is 7.36. The van der Waals surface area contributed by atoms with Crippen LogP contribution >= 0.6 is 8.18 Å². The third kappa shape index (κ3) is 3.70. The molecule has 0 heterocycles. The van der Waals surface area contributed by atoms with Gasteiger partial charge in [0.05, 0.1) is 6.61 Å². The summed E-state index contributed by atoms with van der Waals surface area (Å²) in [7, 11) is -1.94. The average molecular weight is 191 g/mol. The van der Waals surface area contributed by atoms with E-state index in [0.29, 0.717) is 12.6 Å². The van der Waals surface area contributed by atoms with Crippen LogP contribution in [0.2, 0.25) is 0 Å². The summed E-state index contributed by atoms with van der Waals surface area (Å²) in [6, 6.07) is 0.441. The molecule has 1 saturated carbocycles. The normalized spacial score (nSPS) is 22.4. The Bertz CT molecular complexity index is 146. The SMILES string of the molecule is CCO[PH](=O)NC1CCCCC1. The average Bonchev–Trinajstić information content (AvgIpc) is 2.06. The molecule has 1 rings (SSSR count). The third-order valence-corrected chi connectivity index (χ3v) is 3.40. The van der Waals surface area contributed by atoms with E-state index in [0.717, 1.165) is 12.8 Å². The van der Waals surface area contributed by atoms with E-state index in [1.54, 1.807) is 0 Å². The monoisotopic (exact) mass is 191 g/mol. The van der Waals surface area contributed by atoms with Crippen LogP contribution in [0.1, 0.15) is 39.0 Å². The minimum Gasteiger partial charge on any atom is -0.320 e. The molecule has 1 fully saturated rings. The Kier molecular flexibility index (Phi) is 4.89. The molecule has 0 aromatic rings. The van der Waals surface area contributed by atoms with Crippen molar-refractivity contribution in [2.75, 3.05) is 6.61 Å². The van der Waals surface area contributed by atoms with Crippen LogP contribution in [0.3, 0.4) is 0 Å². The van der Waals surface area contributed by atoms with Crippen molar-refractivity contribution in [3.8, 4) is 0 Å². The zero-order valence-corrected chi connectivity index (χ0v) is 8.64. The summed E-state index contributed by atoms with van der Waals surface area (Å²) in [5.41, 5.74) is 0. The number of nitrogens with one attached hydrogen (secondary N) is 1. The predicted octanol–water partition coefficient (Wildman–Crippen LogP) is 2.33. The van der Waals surface area contributed by atoms with Gasteiger partial charge in [-0.25, -0.2) is 5.09 Å². The molecule has 1 N–H and O–H groups in total. The Morgan fingerprint density at radius 2 is 2.08 bits per heavy atom. The summed E-state index contributed by atoms with van der Waals surface area (Å²) in [5.74, 6) is 0. The van der Waals surface area contributed by atoms with Crippen LogP contribution < -0.4 is 5.09 Å². The first-order valence-corrected chi connectivity index (χ1v) is 6.08. The van der Waals surface area contributed by atoms with Crippen molar-refractivity contribution in [1.29, 1.82) is 0 Å². The zero-order valence-electron chi connectivity index (χ0n) is 7.64. The molecule has 3 nitrogen and oxygen atoms in total. The molecule has 0 aromatic heterocycles. The van der Waals surface area contributed by atoms with Crippen molar-refractivity contribution in [2.24, 2.45) is 0 Å². The lowest BCUT2D eigenvalue weighted by Crippen LogP contribution is -2.25. The Hall–Kier alpha value is 0.150. The van der Waals surface area contributed by atoms with E-state index in [9.17, 15) is 4.57 Å². The maximum atomic E-state index is 11.2. The largest absolute Gasteiger partial charge is 0.320 e. The van der Waals surface area contributed by atoms with Gasteiger partial charge in [0.15, 0.2) is 0 Å². The third-order valence-electron chi connectivity index (χ3n) is 2.20. The van der Waals surface area contributed by atoms with Gasteiger partial charge in [-0.1, -0.05) is 19.3 Å². The molecule has 72 valence electrons. The Morgan fingerprint density at radius 1 is 1.42 bits per heavy atom. The van der Waals surface area contributed by atoms with Crippen molar-refractivity contribution < 1.29 is 9.09 Å². The summed E-state index contributed by atoms with van der Waals surface area (Å²) in [5, 5.41) is 3.04. The van der Waals surface area contributed by atoms with E-state index in [1.807, 2.05) is 6.92 Å². The minimum atomic E-state index is -1.94. The van der Waals surface area contributed by atoms with Crippen LogP contribution in [0.5, 0.6) is 0 Å². The fraction of sp³-hybridized carbons (Fsp3) is 1.00. The van der Waals surface area contributed by atoms with Crippen LogP contribution in [0.25, 0.3) is 0 Å². The van der Waals surface area contributed by atoms with Gasteiger partial charge >= 0.3 is 0 Å². The summed E-state index contributed by atoms with van der Waals surface area (Å²) >= 11 is 0. The fourth-order valence-corrected chi connectivity index (χ4v) is 2.55. The van der Waals surface area contributed by atoms with Gasteiger partial charge in [-0.3, -0.25) is 4.57 Å². The quantitative estimate of drug-likeness (QED) is 0.693. The molecule has 1 aliphatic rings. The van der Waals surface area contributed by atoms with Crippen LogP contribution in [0, 0.1) is 0 Å². The number of rotatable bonds is 4. The van der Waals surface area contributed by atoms with Gasteiger partial charge in [0.2, 0.25) is 0 Å². The second kappa shape index (κ2) is 5.74. The number of hydrogen-bond donors (Lipinski definition) is 1. The molecule has 0 aliphatic heterocycles. The topological polar surface area (TPSA) is 38.3 Å². The van der Waals surface area contributed by atoms with Gasteiger partial charge in [-0.15, -0.1) is 0 Å². The molecule has 0 saturated heterocycles. The lowest BCUT2D eigenvalue weighted by atomic mass is 9.96. The van der Waals surface area contributed by atoms with Gasteiger partial charge in [0.25, 0.3) is 8.18 Å². The molecule has 1 aliphatic carbocycles. The van der Waals surface area contributed by atoms with E-state index in [4.69, 9.17) is 4.52 Å². The van der Waals surface area contributed by atoms with Gasteiger partial charge in [0.1, 0.15) is 0 Å². The molecule has 0 aromatic carbocycles. The highest BCUT2D eigenvalue weighted by Crippen LogP contribution is 2.24. The van der Waals surface area contributed by atoms with E-state index in [1.165, 1.54) is 19.3 Å². The first-order chi connectivity index (χ1) is 5.83. The Labute approximate surface area is 74.8 Å². The summed E-state index contributed by atoms with van der Waals surface area (Å²) in [4.78, 5) is 0. The minimum absolute atomic E-state index is 0.441. The Morgan fingerprint density at radius 3 is 2.67 bits per heavy atom. The van der Waals surface area contributed by atoms with Gasteiger partial charge in [-0.2, -0.15) is 0 Å². The standard InChI is InChI=1S/C8H18NO2P/c1-2-11-12(10)9-8-6-4-3-5-7-8/h8,12H,2-7H2,1H3,(H,9,10). The zero-order chi connectivity index (χ0) is 8.81. The van der Waals surface area contributed by atoms with Crippen LogP contribution in [-0.2, 0) is 9.09 Å². The smallest absolute Gasteiger partial charge is 0.258 e. The highest BCUT2D eigenvalue weighted by Gasteiger charge is 2.14. The molecule has 0 amide bonds. The van der Waals surface area contributed by atoms with Crippen molar-refractivity contribution in [2.45, 2.75) is 45.1 Å². The molecule has 0 bridgehead atoms. The molecule has 0 spiro atoms. The van der Waals surface area contributed by atoms with Gasteiger partial charge in [0, 0.05) is 6.04 Å². The van der Waals surface area contributed by atoms with Crippen molar-refractivity contribution in [3.05, 3.63) is 0 Å². The molecule has 1 unspecified atom stereocenters. The molecular weight excluding hydrogens is 173 g/mol. The summed E-state index contributed by atoms with van der Waals surface area (Å²) in [6.45, 7) is 2.41. The van der Waals surface area contributed by atoms with Crippen molar-refractivity contribution >= 4 is 8.18 Å². The van der Waals surface area contributed by atoms with E-state index < -0.39 is 8.18 Å². The van der Waals surface area contributed by atoms with Gasteiger partial charge < -0.3 is 4.52 Å². The molecule has 0 radical (unpaired) electrons. The summed E-state index contributed by atoms with van der Waals surface area (Å²) in [6.07, 6.45) is 6.17. The van der Waals surface area contributed by atoms with Crippen molar-refractivity contribution in [1.82, 2.24) is 5.09 Å². The van der Waals surface area contributed by atoms with E-state index in [-0.39, 0.29) is 0 Å². The maximum absolute atomic E-state index is 11.2. The molecule has 4 heteroatoms. The summed E-state index contributed by atoms with van der Waals surface area (Å²) < 4.78 is 16.1. The maximum Gasteiger partial charge on any atom is 0.258 e. The number of hydrogen-bond acceptors (Lipinski definition) is 2. The van der Waals surface area contributed by atoms with Gasteiger partial charge in [-0.05, 0) is 19.8 Å². The molecular formula is C8H18NO2P. The lowest BCUT2D eigenvalue weighted by Gasteiger charge is -2.22.